The van der Waals surface area contributed by atoms with Gasteiger partial charge in [0, 0.05) is 56.8 Å². The molecule has 2 N–H and O–H groups in total. The van der Waals surface area contributed by atoms with Crippen LogP contribution in [0.5, 0.6) is 5.75 Å². The van der Waals surface area contributed by atoms with Crippen LogP contribution in [0.3, 0.4) is 0 Å². The lowest BCUT2D eigenvalue weighted by Crippen LogP contribution is -2.60. The molecular weight excluding hydrogens is 534 g/mol. The Bertz CT molecular complexity index is 1300. The number of carbonyl (C=O) groups excluding carboxylic acids is 2. The van der Waals surface area contributed by atoms with Crippen molar-refractivity contribution in [3.63, 3.8) is 0 Å². The van der Waals surface area contributed by atoms with Crippen LogP contribution in [0.4, 0.5) is 16.3 Å². The summed E-state index contributed by atoms with van der Waals surface area (Å²) in [6.07, 6.45) is 3.45. The van der Waals surface area contributed by atoms with Gasteiger partial charge in [0.25, 0.3) is 0 Å². The maximum Gasteiger partial charge on any atom is 0.410 e. The normalized spacial score (nSPS) is 22.3. The first kappa shape index (κ1) is 28.5. The first-order chi connectivity index (χ1) is 20.2. The molecule has 1 atom stereocenters. The van der Waals surface area contributed by atoms with Crippen LogP contribution in [0.1, 0.15) is 46.5 Å². The second-order valence-electron chi connectivity index (χ2n) is 13.0. The number of fused-ring (bicyclic) bond motifs is 3. The summed E-state index contributed by atoms with van der Waals surface area (Å²) in [7, 11) is 0. The Morgan fingerprint density at radius 3 is 2.38 bits per heavy atom. The van der Waals surface area contributed by atoms with Gasteiger partial charge < -0.3 is 34.8 Å². The molecule has 1 aromatic heterocycles. The summed E-state index contributed by atoms with van der Waals surface area (Å²) in [5.41, 5.74) is 1.79. The van der Waals surface area contributed by atoms with Gasteiger partial charge in [-0.3, -0.25) is 4.79 Å². The lowest BCUT2D eigenvalue weighted by atomic mass is 9.92. The van der Waals surface area contributed by atoms with Gasteiger partial charge in [0.15, 0.2) is 5.82 Å². The molecule has 6 rings (SSSR count). The number of anilines is 2. The largest absolute Gasteiger partial charge is 0.507 e. The minimum atomic E-state index is -0.474. The fraction of sp³-hybridized carbons (Fsp3) is 0.613. The first-order valence-electron chi connectivity index (χ1n) is 15.3. The van der Waals surface area contributed by atoms with Gasteiger partial charge in [0.2, 0.25) is 5.91 Å². The van der Waals surface area contributed by atoms with Gasteiger partial charge in [-0.2, -0.15) is 0 Å². The average Bonchev–Trinajstić information content (AvgIpc) is 2.99. The molecule has 1 aromatic carbocycles. The van der Waals surface area contributed by atoms with Crippen LogP contribution in [-0.2, 0) is 9.53 Å². The molecule has 11 heteroatoms. The molecule has 0 bridgehead atoms. The molecule has 3 saturated heterocycles. The standard InChI is InChI=1S/C31H43N7O4/c1-31(2,3)42-30(41)36-14-10-22(11-15-36)35-12-8-21(9-13-35)29(40)37-16-17-38-23(20-37)19-32-28-26(38)18-25(33-34-28)24-6-4-5-7-27(24)39/h4-7,18,21-23,39H,8-17,19-20H2,1-3H3,(H,32,34)/t23-/m0/s1. The summed E-state index contributed by atoms with van der Waals surface area (Å²) in [4.78, 5) is 34.8. The summed E-state index contributed by atoms with van der Waals surface area (Å²) in [5, 5.41) is 22.5. The molecule has 2 aromatic rings. The molecule has 4 aliphatic heterocycles. The molecule has 0 saturated carbocycles. The summed E-state index contributed by atoms with van der Waals surface area (Å²) in [5.74, 6) is 1.27. The molecule has 11 nitrogen and oxygen atoms in total. The van der Waals surface area contributed by atoms with Crippen LogP contribution in [0.15, 0.2) is 30.3 Å². The molecule has 4 aliphatic rings. The predicted octanol–water partition coefficient (Wildman–Crippen LogP) is 3.40. The number of piperazine rings is 1. The van der Waals surface area contributed by atoms with Crippen molar-refractivity contribution < 1.29 is 19.4 Å². The number of aromatic hydroxyl groups is 1. The number of phenolic OH excluding ortho intramolecular Hbond substituents is 1. The quantitative estimate of drug-likeness (QED) is 0.567. The number of hydrogen-bond acceptors (Lipinski definition) is 9. The van der Waals surface area contributed by atoms with Gasteiger partial charge in [-0.25, -0.2) is 4.79 Å². The Hall–Kier alpha value is -3.60. The molecule has 0 spiro atoms. The molecule has 226 valence electrons. The highest BCUT2D eigenvalue weighted by atomic mass is 16.6. The van der Waals surface area contributed by atoms with Crippen LogP contribution in [0.2, 0.25) is 0 Å². The van der Waals surface area contributed by atoms with E-state index in [4.69, 9.17) is 4.74 Å². The maximum absolute atomic E-state index is 13.6. The smallest absolute Gasteiger partial charge is 0.410 e. The highest BCUT2D eigenvalue weighted by Crippen LogP contribution is 2.36. The van der Waals surface area contributed by atoms with Gasteiger partial charge in [-0.15, -0.1) is 10.2 Å². The fourth-order valence-corrected chi connectivity index (χ4v) is 6.82. The summed E-state index contributed by atoms with van der Waals surface area (Å²) < 4.78 is 5.54. The van der Waals surface area contributed by atoms with Crippen LogP contribution in [0.25, 0.3) is 11.3 Å². The number of aromatic nitrogens is 2. The maximum atomic E-state index is 13.6. The van der Waals surface area contributed by atoms with Crippen molar-refractivity contribution >= 4 is 23.5 Å². The lowest BCUT2D eigenvalue weighted by molar-refractivity contribution is -0.138. The Kier molecular flexibility index (Phi) is 7.87. The molecule has 0 radical (unpaired) electrons. The minimum Gasteiger partial charge on any atom is -0.507 e. The lowest BCUT2D eigenvalue weighted by Gasteiger charge is -2.47. The molecule has 5 heterocycles. The minimum absolute atomic E-state index is 0.0667. The third-order valence-corrected chi connectivity index (χ3v) is 9.07. The topological polar surface area (TPSA) is 114 Å². The van der Waals surface area contributed by atoms with Crippen LogP contribution < -0.4 is 10.2 Å². The van der Waals surface area contributed by atoms with Gasteiger partial charge in [0.05, 0.1) is 17.4 Å². The Balaban J connectivity index is 1.01. The molecule has 3 fully saturated rings. The molecule has 2 amide bonds. The van der Waals surface area contributed by atoms with E-state index in [1.54, 1.807) is 12.1 Å². The average molecular weight is 578 g/mol. The van der Waals surface area contributed by atoms with E-state index in [0.717, 1.165) is 69.9 Å². The van der Waals surface area contributed by atoms with Gasteiger partial charge in [0.1, 0.15) is 11.4 Å². The molecule has 0 aliphatic carbocycles. The van der Waals surface area contributed by atoms with E-state index in [2.05, 4.69) is 30.2 Å². The third kappa shape index (κ3) is 5.97. The van der Waals surface area contributed by atoms with Crippen LogP contribution >= 0.6 is 0 Å². The number of benzene rings is 1. The fourth-order valence-electron chi connectivity index (χ4n) is 6.82. The van der Waals surface area contributed by atoms with Gasteiger partial charge in [-0.05, 0) is 77.7 Å². The Labute approximate surface area is 247 Å². The van der Waals surface area contributed by atoms with E-state index < -0.39 is 5.60 Å². The van der Waals surface area contributed by atoms with Crippen LogP contribution in [0, 0.1) is 5.92 Å². The number of rotatable bonds is 3. The highest BCUT2D eigenvalue weighted by Gasteiger charge is 2.38. The predicted molar refractivity (Wildman–Crippen MR) is 160 cm³/mol. The van der Waals surface area contributed by atoms with Crippen molar-refractivity contribution in [3.8, 4) is 17.0 Å². The Morgan fingerprint density at radius 2 is 1.67 bits per heavy atom. The number of amides is 2. The Morgan fingerprint density at radius 1 is 0.929 bits per heavy atom. The number of nitrogens with zero attached hydrogens (tertiary/aromatic N) is 6. The van der Waals surface area contributed by atoms with E-state index in [9.17, 15) is 14.7 Å². The van der Waals surface area contributed by atoms with E-state index in [1.807, 2.05) is 43.9 Å². The number of phenols is 1. The van der Waals surface area contributed by atoms with E-state index >= 15 is 0 Å². The third-order valence-electron chi connectivity index (χ3n) is 9.07. The second-order valence-corrected chi connectivity index (χ2v) is 13.0. The number of nitrogens with one attached hydrogen (secondary N) is 1. The highest BCUT2D eigenvalue weighted by molar-refractivity contribution is 5.80. The first-order valence-corrected chi connectivity index (χ1v) is 15.3. The van der Waals surface area contributed by atoms with Crippen molar-refractivity contribution in [1.29, 1.82) is 0 Å². The van der Waals surface area contributed by atoms with E-state index in [0.29, 0.717) is 36.9 Å². The summed E-state index contributed by atoms with van der Waals surface area (Å²) in [6.45, 7) is 11.8. The van der Waals surface area contributed by atoms with Crippen molar-refractivity contribution in [3.05, 3.63) is 30.3 Å². The zero-order valence-corrected chi connectivity index (χ0v) is 25.0. The summed E-state index contributed by atoms with van der Waals surface area (Å²) in [6, 6.07) is 9.77. The molecular formula is C31H43N7O4. The van der Waals surface area contributed by atoms with Crippen molar-refractivity contribution in [2.24, 2.45) is 5.92 Å². The van der Waals surface area contributed by atoms with Crippen LogP contribution in [-0.4, -0.2) is 112 Å². The van der Waals surface area contributed by atoms with Crippen molar-refractivity contribution in [1.82, 2.24) is 24.9 Å². The number of ether oxygens (including phenoxy) is 1. The number of para-hydroxylation sites is 1. The van der Waals surface area contributed by atoms with E-state index in [-0.39, 0.29) is 29.7 Å². The van der Waals surface area contributed by atoms with Gasteiger partial charge in [-0.1, -0.05) is 12.1 Å². The SMILES string of the molecule is CC(C)(C)OC(=O)N1CCC(N2CCC(C(=O)N3CCN4c5cc(-c6ccccc6O)nnc5NC[C@H]4C3)CC2)CC1. The zero-order chi connectivity index (χ0) is 29.4. The number of hydrogen-bond donors (Lipinski definition) is 2. The van der Waals surface area contributed by atoms with E-state index in [1.165, 1.54) is 0 Å². The molecule has 42 heavy (non-hydrogen) atoms. The van der Waals surface area contributed by atoms with Gasteiger partial charge >= 0.3 is 6.09 Å². The van der Waals surface area contributed by atoms with Crippen molar-refractivity contribution in [2.75, 3.05) is 62.6 Å². The number of carbonyl (C=O) groups is 2. The number of piperidine rings is 2. The second kappa shape index (κ2) is 11.6. The summed E-state index contributed by atoms with van der Waals surface area (Å²) >= 11 is 0. The monoisotopic (exact) mass is 577 g/mol. The molecule has 0 unspecified atom stereocenters. The number of likely N-dealkylation sites (tertiary alicyclic amines) is 2. The zero-order valence-electron chi connectivity index (χ0n) is 25.0. The van der Waals surface area contributed by atoms with Crippen molar-refractivity contribution in [2.45, 2.75) is 64.1 Å².